The second-order valence-corrected chi connectivity index (χ2v) is 4.83. The molecule has 18 heavy (non-hydrogen) atoms. The molecule has 0 bridgehead atoms. The van der Waals surface area contributed by atoms with Crippen molar-refractivity contribution in [2.24, 2.45) is 0 Å². The molecule has 2 heteroatoms. The van der Waals surface area contributed by atoms with E-state index in [0.29, 0.717) is 6.61 Å². The van der Waals surface area contributed by atoms with Gasteiger partial charge in [-0.05, 0) is 31.2 Å². The van der Waals surface area contributed by atoms with E-state index in [0.717, 1.165) is 38.7 Å². The number of hydrogen-bond donors (Lipinski definition) is 1. The maximum atomic E-state index is 9.50. The molecule has 1 N–H and O–H groups in total. The van der Waals surface area contributed by atoms with E-state index in [1.807, 2.05) is 18.2 Å². The van der Waals surface area contributed by atoms with Gasteiger partial charge in [-0.25, -0.2) is 0 Å². The average Bonchev–Trinajstić information content (AvgIpc) is 3.12. The molecule has 1 aliphatic rings. The molecular weight excluding hydrogens is 224 g/mol. The van der Waals surface area contributed by atoms with Crippen LogP contribution in [0.15, 0.2) is 30.3 Å². The number of unbranched alkanes of at least 4 members (excludes halogenated alkanes) is 2. The fourth-order valence-electron chi connectivity index (χ4n) is 1.65. The monoisotopic (exact) mass is 244 g/mol. The number of aliphatic hydroxyl groups is 1. The Morgan fingerprint density at radius 1 is 1.17 bits per heavy atom. The Morgan fingerprint density at radius 2 is 1.94 bits per heavy atom. The smallest absolute Gasteiger partial charge is 0.125 e. The lowest BCUT2D eigenvalue weighted by molar-refractivity contribution is 0.117. The Bertz CT molecular complexity index is 410. The van der Waals surface area contributed by atoms with Crippen LogP contribution >= 0.6 is 0 Å². The van der Waals surface area contributed by atoms with Crippen LogP contribution in [0.4, 0.5) is 0 Å². The largest absolute Gasteiger partial charge is 0.378 e. The summed E-state index contributed by atoms with van der Waals surface area (Å²) in [6.07, 6.45) is 4.62. The zero-order valence-electron chi connectivity index (χ0n) is 10.7. The molecule has 0 aliphatic heterocycles. The molecule has 0 aromatic heterocycles. The minimum atomic E-state index is -0.621. The van der Waals surface area contributed by atoms with Crippen molar-refractivity contribution in [3.8, 4) is 11.8 Å². The van der Waals surface area contributed by atoms with Crippen LogP contribution in [0.25, 0.3) is 0 Å². The van der Waals surface area contributed by atoms with Gasteiger partial charge in [0.05, 0.1) is 6.61 Å². The summed E-state index contributed by atoms with van der Waals surface area (Å²) < 4.78 is 5.58. The number of ether oxygens (including phenoxy) is 1. The first-order valence-corrected chi connectivity index (χ1v) is 6.63. The highest BCUT2D eigenvalue weighted by Crippen LogP contribution is 2.33. The van der Waals surface area contributed by atoms with Crippen LogP contribution in [-0.4, -0.2) is 17.3 Å². The Morgan fingerprint density at radius 3 is 2.67 bits per heavy atom. The maximum Gasteiger partial charge on any atom is 0.125 e. The Balaban J connectivity index is 1.47. The van der Waals surface area contributed by atoms with Crippen molar-refractivity contribution in [3.63, 3.8) is 0 Å². The topological polar surface area (TPSA) is 29.5 Å². The van der Waals surface area contributed by atoms with Gasteiger partial charge in [0.1, 0.15) is 5.60 Å². The second-order valence-electron chi connectivity index (χ2n) is 4.83. The lowest BCUT2D eigenvalue weighted by Gasteiger charge is -2.03. The zero-order chi connectivity index (χ0) is 12.7. The summed E-state index contributed by atoms with van der Waals surface area (Å²) >= 11 is 0. The molecule has 0 radical (unpaired) electrons. The Hall–Kier alpha value is -1.30. The summed E-state index contributed by atoms with van der Waals surface area (Å²) in [6.45, 7) is 1.47. The normalized spacial score (nSPS) is 15.8. The van der Waals surface area contributed by atoms with E-state index in [4.69, 9.17) is 4.74 Å². The molecule has 96 valence electrons. The second kappa shape index (κ2) is 6.58. The fourth-order valence-corrected chi connectivity index (χ4v) is 1.65. The minimum Gasteiger partial charge on any atom is -0.378 e. The Labute approximate surface area is 109 Å². The van der Waals surface area contributed by atoms with Gasteiger partial charge in [0.25, 0.3) is 0 Å². The highest BCUT2D eigenvalue weighted by molar-refractivity contribution is 5.21. The van der Waals surface area contributed by atoms with Crippen LogP contribution in [0.3, 0.4) is 0 Å². The third-order valence-electron chi connectivity index (χ3n) is 3.00. The van der Waals surface area contributed by atoms with Crippen molar-refractivity contribution in [3.05, 3.63) is 35.9 Å². The van der Waals surface area contributed by atoms with Gasteiger partial charge >= 0.3 is 0 Å². The standard InChI is InChI=1S/C16H20O2/c17-16(11-12-16)10-6-1-2-7-13-18-14-15-8-4-3-5-9-15/h3-5,8-9,17H,1-2,7,11-14H2. The molecule has 1 aromatic carbocycles. The van der Waals surface area contributed by atoms with Gasteiger partial charge in [-0.2, -0.15) is 0 Å². The molecule has 0 amide bonds. The number of rotatable bonds is 6. The number of hydrogen-bond acceptors (Lipinski definition) is 2. The van der Waals surface area contributed by atoms with Gasteiger partial charge in [-0.1, -0.05) is 36.3 Å². The van der Waals surface area contributed by atoms with Crippen LogP contribution < -0.4 is 0 Å². The van der Waals surface area contributed by atoms with E-state index in [2.05, 4.69) is 24.0 Å². The van der Waals surface area contributed by atoms with Crippen LogP contribution in [0, 0.1) is 11.8 Å². The lowest BCUT2D eigenvalue weighted by Crippen LogP contribution is -2.00. The van der Waals surface area contributed by atoms with Gasteiger partial charge in [-0.3, -0.25) is 0 Å². The van der Waals surface area contributed by atoms with Crippen molar-refractivity contribution >= 4 is 0 Å². The lowest BCUT2D eigenvalue weighted by atomic mass is 10.2. The molecule has 0 spiro atoms. The first-order valence-electron chi connectivity index (χ1n) is 6.63. The van der Waals surface area contributed by atoms with Crippen LogP contribution in [-0.2, 0) is 11.3 Å². The quantitative estimate of drug-likeness (QED) is 0.616. The van der Waals surface area contributed by atoms with Crippen molar-refractivity contribution in [1.29, 1.82) is 0 Å². The van der Waals surface area contributed by atoms with E-state index >= 15 is 0 Å². The summed E-state index contributed by atoms with van der Waals surface area (Å²) in [6, 6.07) is 10.2. The molecule has 0 saturated heterocycles. The molecule has 2 rings (SSSR count). The highest BCUT2D eigenvalue weighted by Gasteiger charge is 2.38. The summed E-state index contributed by atoms with van der Waals surface area (Å²) in [5.41, 5.74) is 0.595. The highest BCUT2D eigenvalue weighted by atomic mass is 16.5. The SMILES string of the molecule is OC1(C#CCCCCOCc2ccccc2)CC1. The van der Waals surface area contributed by atoms with E-state index in [1.165, 1.54) is 5.56 Å². The van der Waals surface area contributed by atoms with Gasteiger partial charge in [-0.15, -0.1) is 5.92 Å². The van der Waals surface area contributed by atoms with Crippen LogP contribution in [0.2, 0.25) is 0 Å². The summed E-state index contributed by atoms with van der Waals surface area (Å²) in [5.74, 6) is 5.96. The van der Waals surface area contributed by atoms with Gasteiger partial charge in [0.15, 0.2) is 0 Å². The average molecular weight is 244 g/mol. The van der Waals surface area contributed by atoms with Crippen molar-refractivity contribution < 1.29 is 9.84 Å². The molecule has 1 saturated carbocycles. The first kappa shape index (κ1) is 13.1. The first-order chi connectivity index (χ1) is 8.79. The minimum absolute atomic E-state index is 0.621. The number of benzene rings is 1. The molecular formula is C16H20O2. The maximum absolute atomic E-state index is 9.50. The predicted molar refractivity (Wildman–Crippen MR) is 71.9 cm³/mol. The third-order valence-corrected chi connectivity index (χ3v) is 3.00. The van der Waals surface area contributed by atoms with Gasteiger partial charge < -0.3 is 9.84 Å². The van der Waals surface area contributed by atoms with Crippen LogP contribution in [0.1, 0.15) is 37.7 Å². The summed E-state index contributed by atoms with van der Waals surface area (Å²) in [7, 11) is 0. The summed E-state index contributed by atoms with van der Waals surface area (Å²) in [4.78, 5) is 0. The fraction of sp³-hybridized carbons (Fsp3) is 0.500. The molecule has 0 atom stereocenters. The van der Waals surface area contributed by atoms with E-state index < -0.39 is 5.60 Å². The van der Waals surface area contributed by atoms with Gasteiger partial charge in [0.2, 0.25) is 0 Å². The molecule has 1 aliphatic carbocycles. The molecule has 1 fully saturated rings. The van der Waals surface area contributed by atoms with Crippen molar-refractivity contribution in [1.82, 2.24) is 0 Å². The van der Waals surface area contributed by atoms with Crippen molar-refractivity contribution in [2.45, 2.75) is 44.3 Å². The molecule has 1 aromatic rings. The molecule has 2 nitrogen and oxygen atoms in total. The molecule has 0 heterocycles. The Kier molecular flexibility index (Phi) is 4.81. The van der Waals surface area contributed by atoms with E-state index in [9.17, 15) is 5.11 Å². The van der Waals surface area contributed by atoms with Crippen LogP contribution in [0.5, 0.6) is 0 Å². The van der Waals surface area contributed by atoms with E-state index in [1.54, 1.807) is 0 Å². The molecule has 0 unspecified atom stereocenters. The third kappa shape index (κ3) is 4.91. The predicted octanol–water partition coefficient (Wildman–Crippen LogP) is 2.90. The van der Waals surface area contributed by atoms with Crippen molar-refractivity contribution in [2.75, 3.05) is 6.61 Å². The van der Waals surface area contributed by atoms with Gasteiger partial charge in [0, 0.05) is 13.0 Å². The van der Waals surface area contributed by atoms with E-state index in [-0.39, 0.29) is 0 Å². The zero-order valence-corrected chi connectivity index (χ0v) is 10.7. The summed E-state index contributed by atoms with van der Waals surface area (Å²) in [5, 5.41) is 9.50.